The van der Waals surface area contributed by atoms with E-state index >= 15 is 0 Å². The van der Waals surface area contributed by atoms with Crippen LogP contribution in [0, 0.1) is 12.7 Å². The zero-order valence-corrected chi connectivity index (χ0v) is 18.8. The first-order valence-corrected chi connectivity index (χ1v) is 11.2. The standard InChI is InChI=1S/C26H26FN5O/c1-18-24-22(17-23(19-7-4-3-5-8-19)28-25(24)30(2)29-18)26(33)32-14-6-13-31(15-16-32)21-11-9-20(27)10-12-21/h3-5,7-12,17H,6,13-16H2,1-2H3. The number of pyridine rings is 1. The van der Waals surface area contributed by atoms with Crippen molar-refractivity contribution < 1.29 is 9.18 Å². The molecule has 0 spiro atoms. The van der Waals surface area contributed by atoms with Crippen LogP contribution < -0.4 is 4.90 Å². The van der Waals surface area contributed by atoms with Gasteiger partial charge in [0.05, 0.1) is 22.3 Å². The first-order chi connectivity index (χ1) is 16.0. The normalized spacial score (nSPS) is 14.5. The Labute approximate surface area is 192 Å². The molecule has 0 aliphatic carbocycles. The van der Waals surface area contributed by atoms with E-state index in [9.17, 15) is 9.18 Å². The molecule has 6 nitrogen and oxygen atoms in total. The molecule has 1 aliphatic heterocycles. The van der Waals surface area contributed by atoms with E-state index in [1.165, 1.54) is 12.1 Å². The van der Waals surface area contributed by atoms with Crippen molar-refractivity contribution in [2.45, 2.75) is 13.3 Å². The highest BCUT2D eigenvalue weighted by molar-refractivity contribution is 6.07. The molecule has 0 bridgehead atoms. The molecular weight excluding hydrogens is 417 g/mol. The highest BCUT2D eigenvalue weighted by Gasteiger charge is 2.25. The van der Waals surface area contributed by atoms with Crippen LogP contribution in [0.3, 0.4) is 0 Å². The Hall–Kier alpha value is -3.74. The average Bonchev–Trinajstić information content (AvgIpc) is 3.00. The minimum atomic E-state index is -0.242. The first-order valence-electron chi connectivity index (χ1n) is 11.2. The Morgan fingerprint density at radius 1 is 0.970 bits per heavy atom. The van der Waals surface area contributed by atoms with Gasteiger partial charge in [-0.25, -0.2) is 9.37 Å². The van der Waals surface area contributed by atoms with E-state index in [0.717, 1.165) is 41.0 Å². The van der Waals surface area contributed by atoms with Crippen molar-refractivity contribution in [3.8, 4) is 11.3 Å². The summed E-state index contributed by atoms with van der Waals surface area (Å²) in [7, 11) is 1.86. The van der Waals surface area contributed by atoms with Gasteiger partial charge in [0.2, 0.25) is 0 Å². The van der Waals surface area contributed by atoms with E-state index in [0.29, 0.717) is 30.8 Å². The van der Waals surface area contributed by atoms with Gasteiger partial charge >= 0.3 is 0 Å². The lowest BCUT2D eigenvalue weighted by Gasteiger charge is -2.24. The van der Waals surface area contributed by atoms with Gasteiger partial charge in [-0.3, -0.25) is 9.48 Å². The number of nitrogens with zero attached hydrogens (tertiary/aromatic N) is 5. The summed E-state index contributed by atoms with van der Waals surface area (Å²) in [4.78, 5) is 22.7. The van der Waals surface area contributed by atoms with Gasteiger partial charge in [-0.1, -0.05) is 30.3 Å². The molecule has 0 unspecified atom stereocenters. The first kappa shape index (κ1) is 21.1. The van der Waals surface area contributed by atoms with Crippen molar-refractivity contribution in [2.75, 3.05) is 31.1 Å². The predicted molar refractivity (Wildman–Crippen MR) is 128 cm³/mol. The molecule has 3 heterocycles. The third kappa shape index (κ3) is 4.06. The average molecular weight is 444 g/mol. The molecule has 0 atom stereocenters. The fourth-order valence-electron chi connectivity index (χ4n) is 4.57. The molecule has 33 heavy (non-hydrogen) atoms. The fourth-order valence-corrected chi connectivity index (χ4v) is 4.57. The van der Waals surface area contributed by atoms with Crippen molar-refractivity contribution in [1.82, 2.24) is 19.7 Å². The van der Waals surface area contributed by atoms with E-state index < -0.39 is 0 Å². The van der Waals surface area contributed by atoms with Gasteiger partial charge in [0, 0.05) is 44.5 Å². The molecule has 0 radical (unpaired) electrons. The fraction of sp³-hybridized carbons (Fsp3) is 0.269. The maximum Gasteiger partial charge on any atom is 0.254 e. The maximum atomic E-state index is 13.8. The molecule has 4 aromatic rings. The van der Waals surface area contributed by atoms with Crippen LogP contribution in [0.2, 0.25) is 0 Å². The molecule has 0 N–H and O–H groups in total. The number of benzene rings is 2. The number of carbonyl (C=O) groups is 1. The van der Waals surface area contributed by atoms with Crippen molar-refractivity contribution >= 4 is 22.6 Å². The van der Waals surface area contributed by atoms with E-state index in [-0.39, 0.29) is 11.7 Å². The summed E-state index contributed by atoms with van der Waals surface area (Å²) in [6.45, 7) is 4.70. The summed E-state index contributed by atoms with van der Waals surface area (Å²) in [6, 6.07) is 18.3. The number of hydrogen-bond acceptors (Lipinski definition) is 4. The Kier molecular flexibility index (Phi) is 5.54. The second kappa shape index (κ2) is 8.65. The van der Waals surface area contributed by atoms with Crippen LogP contribution in [0.25, 0.3) is 22.3 Å². The van der Waals surface area contributed by atoms with Gasteiger partial charge in [0.25, 0.3) is 5.91 Å². The summed E-state index contributed by atoms with van der Waals surface area (Å²) in [5.41, 5.74) is 4.85. The van der Waals surface area contributed by atoms with Gasteiger partial charge in [-0.2, -0.15) is 5.10 Å². The highest BCUT2D eigenvalue weighted by Crippen LogP contribution is 2.28. The number of carbonyl (C=O) groups excluding carboxylic acids is 1. The van der Waals surface area contributed by atoms with Crippen LogP contribution in [0.4, 0.5) is 10.1 Å². The predicted octanol–water partition coefficient (Wildman–Crippen LogP) is 4.44. The zero-order chi connectivity index (χ0) is 22.9. The highest BCUT2D eigenvalue weighted by atomic mass is 19.1. The Morgan fingerprint density at radius 2 is 1.73 bits per heavy atom. The van der Waals surface area contributed by atoms with Crippen molar-refractivity contribution in [3.63, 3.8) is 0 Å². The van der Waals surface area contributed by atoms with Crippen LogP contribution >= 0.6 is 0 Å². The lowest BCUT2D eigenvalue weighted by Crippen LogP contribution is -2.35. The summed E-state index contributed by atoms with van der Waals surface area (Å²) >= 11 is 0. The number of halogens is 1. The number of fused-ring (bicyclic) bond motifs is 1. The maximum absolute atomic E-state index is 13.8. The molecule has 1 amide bonds. The summed E-state index contributed by atoms with van der Waals surface area (Å²) in [5.74, 6) is -0.246. The molecule has 5 rings (SSSR count). The molecule has 1 aliphatic rings. The van der Waals surface area contributed by atoms with Crippen LogP contribution in [-0.2, 0) is 7.05 Å². The van der Waals surface area contributed by atoms with Crippen LogP contribution in [0.5, 0.6) is 0 Å². The Balaban J connectivity index is 1.48. The number of anilines is 1. The molecular formula is C26H26FN5O. The van der Waals surface area contributed by atoms with E-state index in [1.54, 1.807) is 16.8 Å². The van der Waals surface area contributed by atoms with Gasteiger partial charge in [0.15, 0.2) is 5.65 Å². The molecule has 2 aromatic carbocycles. The summed E-state index contributed by atoms with van der Waals surface area (Å²) in [6.07, 6.45) is 0.842. The third-order valence-electron chi connectivity index (χ3n) is 6.24. The van der Waals surface area contributed by atoms with E-state index in [4.69, 9.17) is 4.98 Å². The molecule has 168 valence electrons. The molecule has 7 heteroatoms. The topological polar surface area (TPSA) is 54.3 Å². The molecule has 2 aromatic heterocycles. The molecule has 1 fully saturated rings. The van der Waals surface area contributed by atoms with Crippen LogP contribution in [-0.4, -0.2) is 51.8 Å². The van der Waals surface area contributed by atoms with Gasteiger partial charge < -0.3 is 9.80 Å². The van der Waals surface area contributed by atoms with Crippen molar-refractivity contribution in [2.24, 2.45) is 7.05 Å². The number of aromatic nitrogens is 3. The lowest BCUT2D eigenvalue weighted by molar-refractivity contribution is 0.0769. The largest absolute Gasteiger partial charge is 0.370 e. The minimum absolute atomic E-state index is 0.00311. The Bertz CT molecular complexity index is 1300. The third-order valence-corrected chi connectivity index (χ3v) is 6.24. The van der Waals surface area contributed by atoms with Crippen molar-refractivity contribution in [3.05, 3.63) is 77.7 Å². The van der Waals surface area contributed by atoms with E-state index in [1.807, 2.05) is 55.3 Å². The Morgan fingerprint density at radius 3 is 2.48 bits per heavy atom. The monoisotopic (exact) mass is 443 g/mol. The SMILES string of the molecule is Cc1nn(C)c2nc(-c3ccccc3)cc(C(=O)N3CCCN(c4ccc(F)cc4)CC3)c12. The van der Waals surface area contributed by atoms with Crippen molar-refractivity contribution in [1.29, 1.82) is 0 Å². The molecule has 0 saturated carbocycles. The summed E-state index contributed by atoms with van der Waals surface area (Å²) in [5, 5.41) is 5.34. The zero-order valence-electron chi connectivity index (χ0n) is 18.8. The number of aryl methyl sites for hydroxylation is 2. The lowest BCUT2D eigenvalue weighted by atomic mass is 10.0. The number of hydrogen-bond donors (Lipinski definition) is 0. The number of rotatable bonds is 3. The number of amides is 1. The van der Waals surface area contributed by atoms with E-state index in [2.05, 4.69) is 10.00 Å². The second-order valence-electron chi connectivity index (χ2n) is 8.44. The smallest absolute Gasteiger partial charge is 0.254 e. The van der Waals surface area contributed by atoms with Crippen LogP contribution in [0.15, 0.2) is 60.7 Å². The van der Waals surface area contributed by atoms with Gasteiger partial charge in [-0.05, 0) is 43.7 Å². The minimum Gasteiger partial charge on any atom is -0.370 e. The quantitative estimate of drug-likeness (QED) is 0.470. The van der Waals surface area contributed by atoms with Crippen LogP contribution in [0.1, 0.15) is 22.5 Å². The van der Waals surface area contributed by atoms with Gasteiger partial charge in [-0.15, -0.1) is 0 Å². The molecule has 1 saturated heterocycles. The summed E-state index contributed by atoms with van der Waals surface area (Å²) < 4.78 is 15.1. The second-order valence-corrected chi connectivity index (χ2v) is 8.44. The van der Waals surface area contributed by atoms with Gasteiger partial charge in [0.1, 0.15) is 5.82 Å².